The van der Waals surface area contributed by atoms with Crippen molar-refractivity contribution in [2.24, 2.45) is 0 Å². The third-order valence-electron chi connectivity index (χ3n) is 3.53. The number of amides is 1. The summed E-state index contributed by atoms with van der Waals surface area (Å²) in [4.78, 5) is 12.0. The first-order valence-corrected chi connectivity index (χ1v) is 7.16. The molecule has 0 aliphatic heterocycles. The molecular weight excluding hydrogens is 238 g/mol. The van der Waals surface area contributed by atoms with Gasteiger partial charge >= 0.3 is 0 Å². The summed E-state index contributed by atoms with van der Waals surface area (Å²) in [5.41, 5.74) is 1.22. The van der Waals surface area contributed by atoms with Gasteiger partial charge in [-0.2, -0.15) is 0 Å². The Balaban J connectivity index is 2.54. The maximum atomic E-state index is 12.0. The molecule has 106 valence electrons. The van der Waals surface area contributed by atoms with Crippen molar-refractivity contribution in [2.75, 3.05) is 6.61 Å². The minimum absolute atomic E-state index is 0.0796. The number of nitrogens with one attached hydrogen (secondary N) is 1. The van der Waals surface area contributed by atoms with E-state index in [1.165, 1.54) is 5.56 Å². The van der Waals surface area contributed by atoms with Crippen molar-refractivity contribution < 1.29 is 9.90 Å². The molecule has 2 atom stereocenters. The fourth-order valence-corrected chi connectivity index (χ4v) is 2.27. The van der Waals surface area contributed by atoms with Crippen LogP contribution in [0.15, 0.2) is 30.3 Å². The molecule has 1 amide bonds. The highest BCUT2D eigenvalue weighted by atomic mass is 16.3. The van der Waals surface area contributed by atoms with Crippen molar-refractivity contribution >= 4 is 5.91 Å². The molecule has 1 aromatic rings. The van der Waals surface area contributed by atoms with Crippen LogP contribution in [-0.4, -0.2) is 23.7 Å². The van der Waals surface area contributed by atoms with E-state index in [0.717, 1.165) is 12.8 Å². The van der Waals surface area contributed by atoms with Crippen molar-refractivity contribution in [1.82, 2.24) is 5.32 Å². The first-order valence-electron chi connectivity index (χ1n) is 7.16. The Bertz CT molecular complexity index is 364. The van der Waals surface area contributed by atoms with Gasteiger partial charge in [-0.1, -0.05) is 44.2 Å². The largest absolute Gasteiger partial charge is 0.396 e. The highest BCUT2D eigenvalue weighted by Crippen LogP contribution is 2.22. The second kappa shape index (κ2) is 8.70. The van der Waals surface area contributed by atoms with Crippen LogP contribution in [-0.2, 0) is 4.79 Å². The summed E-state index contributed by atoms with van der Waals surface area (Å²) in [5.74, 6) is 0.351. The number of carbonyl (C=O) groups is 1. The van der Waals surface area contributed by atoms with Crippen LogP contribution in [0.5, 0.6) is 0 Å². The molecule has 0 fully saturated rings. The van der Waals surface area contributed by atoms with E-state index < -0.39 is 0 Å². The van der Waals surface area contributed by atoms with E-state index in [0.29, 0.717) is 12.8 Å². The van der Waals surface area contributed by atoms with E-state index >= 15 is 0 Å². The van der Waals surface area contributed by atoms with Crippen LogP contribution in [0.4, 0.5) is 0 Å². The van der Waals surface area contributed by atoms with Gasteiger partial charge in [0, 0.05) is 19.1 Å². The molecule has 0 saturated carbocycles. The molecule has 19 heavy (non-hydrogen) atoms. The van der Waals surface area contributed by atoms with Crippen LogP contribution in [0.25, 0.3) is 0 Å². The molecule has 0 radical (unpaired) electrons. The maximum Gasteiger partial charge on any atom is 0.220 e. The van der Waals surface area contributed by atoms with Crippen LogP contribution in [0.1, 0.15) is 51.0 Å². The van der Waals surface area contributed by atoms with Crippen LogP contribution in [0, 0.1) is 0 Å². The van der Waals surface area contributed by atoms with Crippen LogP contribution in [0.2, 0.25) is 0 Å². The van der Waals surface area contributed by atoms with Crippen LogP contribution in [0.3, 0.4) is 0 Å². The Kier molecular flexibility index (Phi) is 7.19. The average Bonchev–Trinajstić information content (AvgIpc) is 2.45. The number of rotatable bonds is 8. The average molecular weight is 263 g/mol. The Morgan fingerprint density at radius 3 is 2.42 bits per heavy atom. The smallest absolute Gasteiger partial charge is 0.220 e. The summed E-state index contributed by atoms with van der Waals surface area (Å²) in [6, 6.07) is 10.3. The lowest BCUT2D eigenvalue weighted by atomic mass is 9.93. The molecular formula is C16H25NO2. The van der Waals surface area contributed by atoms with Crippen molar-refractivity contribution in [3.8, 4) is 0 Å². The minimum atomic E-state index is 0.0796. The predicted molar refractivity (Wildman–Crippen MR) is 78.0 cm³/mol. The number of hydrogen-bond donors (Lipinski definition) is 2. The first kappa shape index (κ1) is 15.7. The molecule has 1 aromatic carbocycles. The zero-order valence-electron chi connectivity index (χ0n) is 11.9. The molecule has 2 N–H and O–H groups in total. The van der Waals surface area contributed by atoms with Gasteiger partial charge in [0.2, 0.25) is 5.91 Å². The summed E-state index contributed by atoms with van der Waals surface area (Å²) in [6.07, 6.45) is 2.95. The molecule has 0 heterocycles. The van der Waals surface area contributed by atoms with E-state index in [4.69, 9.17) is 5.11 Å². The number of aliphatic hydroxyl groups excluding tert-OH is 1. The fourth-order valence-electron chi connectivity index (χ4n) is 2.27. The van der Waals surface area contributed by atoms with Gasteiger partial charge in [0.05, 0.1) is 0 Å². The standard InChI is InChI=1S/C16H25NO2/c1-3-13(14-8-6-5-7-9-14)12-16(19)17-15(4-2)10-11-18/h5-9,13,15,18H,3-4,10-12H2,1-2H3,(H,17,19). The molecule has 0 saturated heterocycles. The van der Waals surface area contributed by atoms with Crippen molar-refractivity contribution in [3.05, 3.63) is 35.9 Å². The summed E-state index contributed by atoms with van der Waals surface area (Å²) in [5, 5.41) is 11.9. The fraction of sp³-hybridized carbons (Fsp3) is 0.562. The summed E-state index contributed by atoms with van der Waals surface area (Å²) < 4.78 is 0. The third kappa shape index (κ3) is 5.43. The van der Waals surface area contributed by atoms with Crippen LogP contribution < -0.4 is 5.32 Å². The normalized spacial score (nSPS) is 13.8. The lowest BCUT2D eigenvalue weighted by Crippen LogP contribution is -2.35. The lowest BCUT2D eigenvalue weighted by molar-refractivity contribution is -0.122. The Morgan fingerprint density at radius 1 is 1.21 bits per heavy atom. The van der Waals surface area contributed by atoms with Gasteiger partial charge in [-0.15, -0.1) is 0 Å². The number of carbonyl (C=O) groups excluding carboxylic acids is 1. The summed E-state index contributed by atoms with van der Waals surface area (Å²) in [6.45, 7) is 4.25. The molecule has 3 heteroatoms. The number of aliphatic hydroxyl groups is 1. The van der Waals surface area contributed by atoms with Crippen molar-refractivity contribution in [2.45, 2.75) is 51.5 Å². The molecule has 0 aliphatic carbocycles. The topological polar surface area (TPSA) is 49.3 Å². The van der Waals surface area contributed by atoms with Crippen molar-refractivity contribution in [1.29, 1.82) is 0 Å². The second-order valence-electron chi connectivity index (χ2n) is 4.90. The summed E-state index contributed by atoms with van der Waals surface area (Å²) >= 11 is 0. The van der Waals surface area contributed by atoms with Crippen LogP contribution >= 0.6 is 0 Å². The lowest BCUT2D eigenvalue weighted by Gasteiger charge is -2.19. The van der Waals surface area contributed by atoms with Crippen molar-refractivity contribution in [3.63, 3.8) is 0 Å². The van der Waals surface area contributed by atoms with Gasteiger partial charge in [0.1, 0.15) is 0 Å². The highest BCUT2D eigenvalue weighted by molar-refractivity contribution is 5.77. The summed E-state index contributed by atoms with van der Waals surface area (Å²) in [7, 11) is 0. The molecule has 3 nitrogen and oxygen atoms in total. The van der Waals surface area contributed by atoms with E-state index in [2.05, 4.69) is 24.4 Å². The zero-order valence-corrected chi connectivity index (χ0v) is 11.9. The second-order valence-corrected chi connectivity index (χ2v) is 4.90. The molecule has 0 aromatic heterocycles. The maximum absolute atomic E-state index is 12.0. The van der Waals surface area contributed by atoms with Gasteiger partial charge in [0.15, 0.2) is 0 Å². The highest BCUT2D eigenvalue weighted by Gasteiger charge is 2.16. The zero-order chi connectivity index (χ0) is 14.1. The van der Waals surface area contributed by atoms with Gasteiger partial charge in [-0.25, -0.2) is 0 Å². The molecule has 2 unspecified atom stereocenters. The Labute approximate surface area is 116 Å². The SMILES string of the molecule is CCC(CCO)NC(=O)CC(CC)c1ccccc1. The Morgan fingerprint density at radius 2 is 1.89 bits per heavy atom. The molecule has 1 rings (SSSR count). The van der Waals surface area contributed by atoms with Gasteiger partial charge in [0.25, 0.3) is 0 Å². The Hall–Kier alpha value is -1.35. The van der Waals surface area contributed by atoms with E-state index in [9.17, 15) is 4.79 Å². The van der Waals surface area contributed by atoms with Gasteiger partial charge in [-0.3, -0.25) is 4.79 Å². The predicted octanol–water partition coefficient (Wildman–Crippen LogP) is 2.85. The number of hydrogen-bond acceptors (Lipinski definition) is 2. The monoisotopic (exact) mass is 263 g/mol. The molecule has 0 spiro atoms. The minimum Gasteiger partial charge on any atom is -0.396 e. The van der Waals surface area contributed by atoms with Gasteiger partial charge < -0.3 is 10.4 Å². The third-order valence-corrected chi connectivity index (χ3v) is 3.53. The molecule has 0 aliphatic rings. The van der Waals surface area contributed by atoms with E-state index in [-0.39, 0.29) is 24.5 Å². The first-order chi connectivity index (χ1) is 9.21. The molecule has 0 bridgehead atoms. The van der Waals surface area contributed by atoms with E-state index in [1.807, 2.05) is 25.1 Å². The van der Waals surface area contributed by atoms with E-state index in [1.54, 1.807) is 0 Å². The van der Waals surface area contributed by atoms with Gasteiger partial charge in [-0.05, 0) is 30.7 Å². The number of benzene rings is 1. The quantitative estimate of drug-likeness (QED) is 0.757.